The van der Waals surface area contributed by atoms with Gasteiger partial charge in [0.25, 0.3) is 10.0 Å². The molecule has 41 heavy (non-hydrogen) atoms. The Morgan fingerprint density at radius 2 is 1.73 bits per heavy atom. The normalized spacial score (nSPS) is 15.2. The largest absolute Gasteiger partial charge is 0.495 e. The molecule has 0 saturated heterocycles. The zero-order chi connectivity index (χ0) is 28.7. The molecule has 0 fully saturated rings. The van der Waals surface area contributed by atoms with Gasteiger partial charge in [0, 0.05) is 17.3 Å². The average Bonchev–Trinajstić information content (AvgIpc) is 3.60. The second kappa shape index (κ2) is 10.6. The summed E-state index contributed by atoms with van der Waals surface area (Å²) in [4.78, 5) is 8.89. The summed E-state index contributed by atoms with van der Waals surface area (Å²) in [6.07, 6.45) is 1.09. The Kier molecular flexibility index (Phi) is 6.96. The SMILES string of the molecule is COc1ccccc1NS(=O)(=O)c1cc2oc(-c3ccc(C4CCC(c5c(F)cccc5F)=N4)cc3)nc2cc1Cl. The first-order chi connectivity index (χ1) is 19.7. The van der Waals surface area contributed by atoms with E-state index in [1.807, 2.05) is 12.1 Å². The number of hydrogen-bond acceptors (Lipinski definition) is 6. The zero-order valence-corrected chi connectivity index (χ0v) is 23.1. The number of fused-ring (bicyclic) bond motifs is 1. The van der Waals surface area contributed by atoms with Crippen molar-refractivity contribution >= 4 is 44.1 Å². The van der Waals surface area contributed by atoms with Gasteiger partial charge in [-0.3, -0.25) is 9.71 Å². The summed E-state index contributed by atoms with van der Waals surface area (Å²) in [7, 11) is -2.63. The molecule has 1 aromatic heterocycles. The van der Waals surface area contributed by atoms with Crippen molar-refractivity contribution in [1.82, 2.24) is 4.98 Å². The molecule has 0 aliphatic carbocycles. The molecule has 4 aromatic carbocycles. The van der Waals surface area contributed by atoms with Gasteiger partial charge in [-0.15, -0.1) is 0 Å². The van der Waals surface area contributed by atoms with Crippen LogP contribution in [-0.4, -0.2) is 26.2 Å². The van der Waals surface area contributed by atoms with Gasteiger partial charge in [-0.25, -0.2) is 22.2 Å². The maximum absolute atomic E-state index is 14.2. The quantitative estimate of drug-likeness (QED) is 0.210. The number of hydrogen-bond donors (Lipinski definition) is 1. The monoisotopic (exact) mass is 593 g/mol. The first kappa shape index (κ1) is 26.9. The molecule has 1 N–H and O–H groups in total. The lowest BCUT2D eigenvalue weighted by Crippen LogP contribution is -2.14. The maximum atomic E-state index is 14.2. The smallest absolute Gasteiger partial charge is 0.263 e. The highest BCUT2D eigenvalue weighted by atomic mass is 35.5. The van der Waals surface area contributed by atoms with Gasteiger partial charge in [0.05, 0.1) is 29.4 Å². The first-order valence-corrected chi connectivity index (χ1v) is 14.5. The molecule has 1 unspecified atom stereocenters. The number of benzene rings is 4. The van der Waals surface area contributed by atoms with E-state index in [0.717, 1.165) is 5.56 Å². The Bertz CT molecular complexity index is 1900. The number of nitrogens with zero attached hydrogens (tertiary/aromatic N) is 2. The molecule has 0 radical (unpaired) electrons. The number of nitrogens with one attached hydrogen (secondary N) is 1. The van der Waals surface area contributed by atoms with Crippen LogP contribution in [0.25, 0.3) is 22.6 Å². The molecule has 0 bridgehead atoms. The fourth-order valence-corrected chi connectivity index (χ4v) is 6.44. The molecule has 0 saturated carbocycles. The summed E-state index contributed by atoms with van der Waals surface area (Å²) in [5.41, 5.74) is 2.78. The average molecular weight is 594 g/mol. The second-order valence-electron chi connectivity index (χ2n) is 9.42. The highest BCUT2D eigenvalue weighted by molar-refractivity contribution is 7.92. The van der Waals surface area contributed by atoms with Crippen LogP contribution in [-0.2, 0) is 10.0 Å². The van der Waals surface area contributed by atoms with Crippen molar-refractivity contribution in [2.45, 2.75) is 23.8 Å². The van der Waals surface area contributed by atoms with Crippen molar-refractivity contribution in [3.05, 3.63) is 107 Å². The first-order valence-electron chi connectivity index (χ1n) is 12.6. The standard InChI is InChI=1S/C30H22ClF2N3O4S/c1-39-26-8-3-2-7-23(26)36-41(37,38)28-16-27-25(15-19(28)31)35-30(40-27)18-11-9-17(10-12-18)22-13-14-24(34-22)29-20(32)5-4-6-21(29)33/h2-12,15-16,22,36H,13-14H2,1H3. The van der Waals surface area contributed by atoms with Gasteiger partial charge >= 0.3 is 0 Å². The van der Waals surface area contributed by atoms with Gasteiger partial charge in [-0.1, -0.05) is 41.9 Å². The van der Waals surface area contributed by atoms with Crippen molar-refractivity contribution in [2.75, 3.05) is 11.8 Å². The number of anilines is 1. The fourth-order valence-electron chi connectivity index (χ4n) is 4.83. The Morgan fingerprint density at radius 3 is 2.46 bits per heavy atom. The van der Waals surface area contributed by atoms with E-state index in [9.17, 15) is 17.2 Å². The molecule has 0 amide bonds. The Balaban J connectivity index is 1.26. The van der Waals surface area contributed by atoms with Crippen LogP contribution in [0.3, 0.4) is 0 Å². The molecule has 7 nitrogen and oxygen atoms in total. The van der Waals surface area contributed by atoms with Crippen molar-refractivity contribution in [1.29, 1.82) is 0 Å². The van der Waals surface area contributed by atoms with Gasteiger partial charge in [0.1, 0.15) is 27.8 Å². The van der Waals surface area contributed by atoms with E-state index in [4.69, 9.17) is 20.8 Å². The highest BCUT2D eigenvalue weighted by Gasteiger charge is 2.25. The van der Waals surface area contributed by atoms with Gasteiger partial charge < -0.3 is 9.15 Å². The van der Waals surface area contributed by atoms with Crippen LogP contribution in [0.5, 0.6) is 5.75 Å². The third kappa shape index (κ3) is 5.16. The van der Waals surface area contributed by atoms with E-state index >= 15 is 0 Å². The lowest BCUT2D eigenvalue weighted by molar-refractivity contribution is 0.417. The van der Waals surface area contributed by atoms with E-state index in [2.05, 4.69) is 14.7 Å². The Hall–Kier alpha value is -4.28. The Labute approximate surface area is 239 Å². The summed E-state index contributed by atoms with van der Waals surface area (Å²) in [6, 6.07) is 20.3. The van der Waals surface area contributed by atoms with Crippen LogP contribution in [0.2, 0.25) is 5.02 Å². The number of methoxy groups -OCH3 is 1. The lowest BCUT2D eigenvalue weighted by Gasteiger charge is -2.12. The molecule has 208 valence electrons. The highest BCUT2D eigenvalue weighted by Crippen LogP contribution is 2.36. The third-order valence-corrected chi connectivity index (χ3v) is 8.67. The summed E-state index contributed by atoms with van der Waals surface area (Å²) in [5.74, 6) is -0.610. The van der Waals surface area contributed by atoms with Gasteiger partial charge in [-0.05, 0) is 60.9 Å². The van der Waals surface area contributed by atoms with E-state index < -0.39 is 21.7 Å². The van der Waals surface area contributed by atoms with Crippen molar-refractivity contribution < 1.29 is 26.4 Å². The second-order valence-corrected chi connectivity index (χ2v) is 11.5. The molecule has 5 aromatic rings. The number of aliphatic imine (C=N–C) groups is 1. The number of ether oxygens (including phenoxy) is 1. The summed E-state index contributed by atoms with van der Waals surface area (Å²) in [6.45, 7) is 0. The molecular weight excluding hydrogens is 572 g/mol. The molecule has 2 heterocycles. The predicted octanol–water partition coefficient (Wildman–Crippen LogP) is 7.56. The molecular formula is C30H22ClF2N3O4S. The lowest BCUT2D eigenvalue weighted by atomic mass is 10.0. The number of oxazole rings is 1. The van der Waals surface area contributed by atoms with E-state index in [1.165, 1.54) is 37.4 Å². The van der Waals surface area contributed by atoms with E-state index in [1.54, 1.807) is 36.4 Å². The molecule has 6 rings (SSSR count). The van der Waals surface area contributed by atoms with Gasteiger partial charge in [0.15, 0.2) is 5.58 Å². The number of rotatable bonds is 7. The zero-order valence-electron chi connectivity index (χ0n) is 21.6. The minimum Gasteiger partial charge on any atom is -0.495 e. The molecule has 1 atom stereocenters. The van der Waals surface area contributed by atoms with Crippen LogP contribution < -0.4 is 9.46 Å². The van der Waals surface area contributed by atoms with Crippen molar-refractivity contribution in [2.24, 2.45) is 4.99 Å². The van der Waals surface area contributed by atoms with Crippen LogP contribution in [0.4, 0.5) is 14.5 Å². The maximum Gasteiger partial charge on any atom is 0.263 e. The van der Waals surface area contributed by atoms with Gasteiger partial charge in [0.2, 0.25) is 5.89 Å². The molecule has 0 spiro atoms. The minimum absolute atomic E-state index is 0.0173. The third-order valence-electron chi connectivity index (χ3n) is 6.84. The fraction of sp³-hybridized carbons (Fsp3) is 0.133. The topological polar surface area (TPSA) is 93.8 Å². The number of halogens is 3. The number of aromatic nitrogens is 1. The number of sulfonamides is 1. The number of para-hydroxylation sites is 2. The predicted molar refractivity (Wildman–Crippen MR) is 153 cm³/mol. The molecule has 1 aliphatic rings. The minimum atomic E-state index is -4.08. The van der Waals surface area contributed by atoms with Crippen LogP contribution in [0, 0.1) is 11.6 Å². The van der Waals surface area contributed by atoms with E-state index in [0.29, 0.717) is 35.4 Å². The van der Waals surface area contributed by atoms with Crippen LogP contribution >= 0.6 is 11.6 Å². The van der Waals surface area contributed by atoms with E-state index in [-0.39, 0.29) is 38.7 Å². The Morgan fingerprint density at radius 1 is 1.00 bits per heavy atom. The van der Waals surface area contributed by atoms with Crippen LogP contribution in [0.15, 0.2) is 93.2 Å². The van der Waals surface area contributed by atoms with Crippen LogP contribution in [0.1, 0.15) is 30.0 Å². The van der Waals surface area contributed by atoms with Crippen molar-refractivity contribution in [3.63, 3.8) is 0 Å². The van der Waals surface area contributed by atoms with Crippen molar-refractivity contribution in [3.8, 4) is 17.2 Å². The molecule has 11 heteroatoms. The summed E-state index contributed by atoms with van der Waals surface area (Å²) in [5, 5.41) is -0.0173. The molecule has 1 aliphatic heterocycles. The van der Waals surface area contributed by atoms with Gasteiger partial charge in [-0.2, -0.15) is 0 Å². The summed E-state index contributed by atoms with van der Waals surface area (Å²) >= 11 is 6.36. The summed E-state index contributed by atoms with van der Waals surface area (Å²) < 4.78 is 68.4.